The monoisotopic (exact) mass is 261 g/mol. The number of hydrogen-bond acceptors (Lipinski definition) is 3. The molecule has 0 atom stereocenters. The summed E-state index contributed by atoms with van der Waals surface area (Å²) in [6.07, 6.45) is 3.81. The van der Waals surface area contributed by atoms with Crippen LogP contribution in [0.15, 0.2) is 15.7 Å². The van der Waals surface area contributed by atoms with Crippen LogP contribution in [0.4, 0.5) is 0 Å². The van der Waals surface area contributed by atoms with Crippen LogP contribution in [0.5, 0.6) is 0 Å². The van der Waals surface area contributed by atoms with Crippen LogP contribution < -0.4 is 0 Å². The summed E-state index contributed by atoms with van der Waals surface area (Å²) in [6.45, 7) is 1.82. The quantitative estimate of drug-likeness (QED) is 0.852. The molecule has 0 amide bonds. The lowest BCUT2D eigenvalue weighted by atomic mass is 10.2. The van der Waals surface area contributed by atoms with E-state index >= 15 is 0 Å². The zero-order chi connectivity index (χ0) is 9.84. The van der Waals surface area contributed by atoms with Crippen molar-refractivity contribution in [2.24, 2.45) is 0 Å². The van der Waals surface area contributed by atoms with Gasteiger partial charge in [0, 0.05) is 16.6 Å². The third kappa shape index (κ3) is 2.93. The highest BCUT2D eigenvalue weighted by molar-refractivity contribution is 9.11. The molecule has 0 saturated carbocycles. The van der Waals surface area contributed by atoms with Crippen molar-refractivity contribution in [2.45, 2.75) is 13.3 Å². The molecular weight excluding hydrogens is 254 g/mol. The molecule has 1 rings (SSSR count). The van der Waals surface area contributed by atoms with Crippen molar-refractivity contribution in [3.05, 3.63) is 20.6 Å². The summed E-state index contributed by atoms with van der Waals surface area (Å²) in [6, 6.07) is 0. The van der Waals surface area contributed by atoms with Gasteiger partial charge in [0.25, 0.3) is 0 Å². The van der Waals surface area contributed by atoms with Crippen LogP contribution in [0.25, 0.3) is 6.08 Å². The van der Waals surface area contributed by atoms with Crippen LogP contribution in [0.1, 0.15) is 18.2 Å². The molecule has 1 N–H and O–H groups in total. The molecule has 0 unspecified atom stereocenters. The molecule has 3 nitrogen and oxygen atoms in total. The molecular formula is C8H8BrNO2S. The second-order valence-corrected chi connectivity index (χ2v) is 4.68. The number of halogens is 1. The van der Waals surface area contributed by atoms with E-state index in [0.29, 0.717) is 12.0 Å². The molecule has 0 bridgehead atoms. The first-order valence-electron chi connectivity index (χ1n) is 3.68. The van der Waals surface area contributed by atoms with Gasteiger partial charge in [0.2, 0.25) is 0 Å². The number of aromatic nitrogens is 1. The summed E-state index contributed by atoms with van der Waals surface area (Å²) < 4.78 is 0.764. The Labute approximate surface area is 88.2 Å². The maximum Gasteiger partial charge on any atom is 0.331 e. The van der Waals surface area contributed by atoms with Crippen LogP contribution in [-0.4, -0.2) is 16.1 Å². The van der Waals surface area contributed by atoms with Crippen molar-refractivity contribution in [1.82, 2.24) is 4.98 Å². The first-order chi connectivity index (χ1) is 6.13. The van der Waals surface area contributed by atoms with Crippen molar-refractivity contribution in [3.8, 4) is 0 Å². The zero-order valence-electron chi connectivity index (χ0n) is 6.95. The number of thiazole rings is 1. The molecule has 1 aromatic heterocycles. The molecule has 0 aliphatic heterocycles. The van der Waals surface area contributed by atoms with Crippen LogP contribution in [0, 0.1) is 0 Å². The van der Waals surface area contributed by atoms with Gasteiger partial charge in [-0.2, -0.15) is 0 Å². The van der Waals surface area contributed by atoms with Crippen molar-refractivity contribution < 1.29 is 9.90 Å². The number of rotatable bonds is 3. The normalized spacial score (nSPS) is 11.7. The van der Waals surface area contributed by atoms with Gasteiger partial charge in [0.05, 0.1) is 0 Å². The summed E-state index contributed by atoms with van der Waals surface area (Å²) in [5.41, 5.74) is 0.399. The topological polar surface area (TPSA) is 50.2 Å². The average Bonchev–Trinajstić information content (AvgIpc) is 2.46. The van der Waals surface area contributed by atoms with E-state index in [-0.39, 0.29) is 0 Å². The van der Waals surface area contributed by atoms with E-state index in [1.54, 1.807) is 12.3 Å². The third-order valence-electron chi connectivity index (χ3n) is 1.47. The van der Waals surface area contributed by atoms with E-state index in [9.17, 15) is 4.79 Å². The SMILES string of the molecule is CCC(=Cc1cnc(Br)s1)C(=O)O. The van der Waals surface area contributed by atoms with Gasteiger partial charge in [-0.05, 0) is 28.4 Å². The van der Waals surface area contributed by atoms with Gasteiger partial charge in [0.1, 0.15) is 0 Å². The van der Waals surface area contributed by atoms with E-state index in [1.807, 2.05) is 6.92 Å². The van der Waals surface area contributed by atoms with E-state index in [2.05, 4.69) is 20.9 Å². The molecule has 1 heterocycles. The molecule has 0 aliphatic carbocycles. The fourth-order valence-corrected chi connectivity index (χ4v) is 2.09. The van der Waals surface area contributed by atoms with Gasteiger partial charge >= 0.3 is 5.97 Å². The Balaban J connectivity index is 2.91. The van der Waals surface area contributed by atoms with Crippen molar-refractivity contribution in [2.75, 3.05) is 0 Å². The summed E-state index contributed by atoms with van der Waals surface area (Å²) >= 11 is 4.63. The molecule has 13 heavy (non-hydrogen) atoms. The fraction of sp³-hybridized carbons (Fsp3) is 0.250. The van der Waals surface area contributed by atoms with Gasteiger partial charge in [-0.1, -0.05) is 6.92 Å². The largest absolute Gasteiger partial charge is 0.478 e. The van der Waals surface area contributed by atoms with Gasteiger partial charge in [-0.3, -0.25) is 0 Å². The average molecular weight is 262 g/mol. The van der Waals surface area contributed by atoms with Crippen molar-refractivity contribution >= 4 is 39.3 Å². The molecule has 0 aromatic carbocycles. The molecule has 1 aromatic rings. The maximum atomic E-state index is 10.6. The first-order valence-corrected chi connectivity index (χ1v) is 5.29. The Morgan fingerprint density at radius 3 is 2.92 bits per heavy atom. The molecule has 0 radical (unpaired) electrons. The smallest absolute Gasteiger partial charge is 0.331 e. The number of carbonyl (C=O) groups is 1. The highest BCUT2D eigenvalue weighted by atomic mass is 79.9. The molecule has 0 saturated heterocycles. The molecule has 70 valence electrons. The van der Waals surface area contributed by atoms with Crippen LogP contribution in [-0.2, 0) is 4.79 Å². The minimum Gasteiger partial charge on any atom is -0.478 e. The number of carboxylic acids is 1. The first kappa shape index (κ1) is 10.4. The number of aliphatic carboxylic acids is 1. The van der Waals surface area contributed by atoms with Gasteiger partial charge in [-0.15, -0.1) is 11.3 Å². The third-order valence-corrected chi connectivity index (χ3v) is 2.89. The molecule has 0 spiro atoms. The van der Waals surface area contributed by atoms with Crippen LogP contribution in [0.2, 0.25) is 0 Å². The molecule has 0 aliphatic rings. The number of carboxylic acid groups (broad SMARTS) is 1. The fourth-order valence-electron chi connectivity index (χ4n) is 0.818. The van der Waals surface area contributed by atoms with E-state index in [0.717, 1.165) is 8.79 Å². The number of hydrogen-bond donors (Lipinski definition) is 1. The van der Waals surface area contributed by atoms with Gasteiger partial charge in [0.15, 0.2) is 3.92 Å². The summed E-state index contributed by atoms with van der Waals surface area (Å²) in [5, 5.41) is 8.75. The summed E-state index contributed by atoms with van der Waals surface area (Å²) in [5.74, 6) is -0.868. The maximum absolute atomic E-state index is 10.6. The summed E-state index contributed by atoms with van der Waals surface area (Å²) in [7, 11) is 0. The lowest BCUT2D eigenvalue weighted by Crippen LogP contribution is -1.98. The molecule has 5 heteroatoms. The number of nitrogens with zero attached hydrogens (tertiary/aromatic N) is 1. The Morgan fingerprint density at radius 1 is 1.85 bits per heavy atom. The lowest BCUT2D eigenvalue weighted by Gasteiger charge is -1.94. The second-order valence-electron chi connectivity index (χ2n) is 2.34. The van der Waals surface area contributed by atoms with Crippen LogP contribution in [0.3, 0.4) is 0 Å². The minimum atomic E-state index is -0.868. The van der Waals surface area contributed by atoms with Gasteiger partial charge < -0.3 is 5.11 Å². The van der Waals surface area contributed by atoms with Crippen LogP contribution >= 0.6 is 27.3 Å². The predicted octanol–water partition coefficient (Wildman–Crippen LogP) is 2.78. The van der Waals surface area contributed by atoms with E-state index in [4.69, 9.17) is 5.11 Å². The minimum absolute atomic E-state index is 0.399. The predicted molar refractivity (Wildman–Crippen MR) is 55.7 cm³/mol. The molecule has 0 fully saturated rings. The highest BCUT2D eigenvalue weighted by Gasteiger charge is 2.05. The Hall–Kier alpha value is -0.680. The van der Waals surface area contributed by atoms with Crippen molar-refractivity contribution in [3.63, 3.8) is 0 Å². The standard InChI is InChI=1S/C8H8BrNO2S/c1-2-5(7(11)12)3-6-4-10-8(9)13-6/h3-4H,2H2,1H3,(H,11,12). The van der Waals surface area contributed by atoms with Gasteiger partial charge in [-0.25, -0.2) is 9.78 Å². The zero-order valence-corrected chi connectivity index (χ0v) is 9.35. The highest BCUT2D eigenvalue weighted by Crippen LogP contribution is 2.21. The Bertz CT molecular complexity index is 346. The lowest BCUT2D eigenvalue weighted by molar-refractivity contribution is -0.132. The Kier molecular flexibility index (Phi) is 3.62. The Morgan fingerprint density at radius 2 is 2.54 bits per heavy atom. The summed E-state index contributed by atoms with van der Waals surface area (Å²) in [4.78, 5) is 15.5. The van der Waals surface area contributed by atoms with E-state index in [1.165, 1.54) is 11.3 Å². The second kappa shape index (κ2) is 4.53. The van der Waals surface area contributed by atoms with Crippen molar-refractivity contribution in [1.29, 1.82) is 0 Å². The van der Waals surface area contributed by atoms with E-state index < -0.39 is 5.97 Å².